The molecule has 3 N–H and O–H groups in total. The summed E-state index contributed by atoms with van der Waals surface area (Å²) in [5, 5.41) is 20.8. The number of carbonyl (C=O) groups excluding carboxylic acids is 1. The Hall–Kier alpha value is -2.57. The van der Waals surface area contributed by atoms with E-state index in [4.69, 9.17) is 5.73 Å². The van der Waals surface area contributed by atoms with Gasteiger partial charge < -0.3 is 20.8 Å². The van der Waals surface area contributed by atoms with E-state index in [1.54, 1.807) is 12.1 Å². The molecular formula is C9H7N4O3-. The second kappa shape index (κ2) is 3.54. The van der Waals surface area contributed by atoms with E-state index in [1.165, 1.54) is 12.3 Å². The van der Waals surface area contributed by atoms with Gasteiger partial charge in [-0.2, -0.15) is 0 Å². The summed E-state index contributed by atoms with van der Waals surface area (Å²) < 4.78 is 0.114. The number of rotatable bonds is 2. The zero-order chi connectivity index (χ0) is 11.7. The average Bonchev–Trinajstić information content (AvgIpc) is 2.58. The van der Waals surface area contributed by atoms with E-state index in [0.717, 1.165) is 0 Å². The monoisotopic (exact) mass is 219 g/mol. The maximum absolute atomic E-state index is 11.5. The van der Waals surface area contributed by atoms with Crippen molar-refractivity contribution >= 4 is 5.91 Å². The minimum absolute atomic E-state index is 0.114. The van der Waals surface area contributed by atoms with E-state index >= 15 is 0 Å². The van der Waals surface area contributed by atoms with Gasteiger partial charge in [0.2, 0.25) is 5.88 Å². The Kier molecular flexibility index (Phi) is 2.20. The number of aromatic hydroxyl groups is 1. The lowest BCUT2D eigenvalue weighted by Gasteiger charge is -2.10. The van der Waals surface area contributed by atoms with Crippen LogP contribution in [0.15, 0.2) is 24.4 Å². The molecule has 82 valence electrons. The van der Waals surface area contributed by atoms with Crippen LogP contribution in [0.1, 0.15) is 10.5 Å². The number of aromatic nitrogens is 3. The number of amides is 1. The van der Waals surface area contributed by atoms with Crippen LogP contribution in [0.5, 0.6) is 5.88 Å². The van der Waals surface area contributed by atoms with Crippen LogP contribution in [-0.2, 0) is 0 Å². The molecule has 0 atom stereocenters. The number of imidazole rings is 1. The number of primary amides is 1. The summed E-state index contributed by atoms with van der Waals surface area (Å²) in [6, 6.07) is 4.84. The lowest BCUT2D eigenvalue weighted by atomic mass is 10.3. The van der Waals surface area contributed by atoms with Crippen molar-refractivity contribution in [1.82, 2.24) is 14.7 Å². The number of nitrogens with two attached hydrogens (primary N) is 1. The molecule has 0 saturated heterocycles. The molecule has 0 aliphatic rings. The van der Waals surface area contributed by atoms with Crippen molar-refractivity contribution in [2.24, 2.45) is 5.73 Å². The van der Waals surface area contributed by atoms with Gasteiger partial charge >= 0.3 is 0 Å². The molecule has 7 nitrogen and oxygen atoms in total. The number of hydrogen-bond acceptors (Lipinski definition) is 5. The molecule has 0 aromatic carbocycles. The van der Waals surface area contributed by atoms with Crippen LogP contribution in [-0.4, -0.2) is 25.7 Å². The van der Waals surface area contributed by atoms with Gasteiger partial charge in [0.05, 0.1) is 0 Å². The van der Waals surface area contributed by atoms with Gasteiger partial charge in [-0.1, -0.05) is 6.07 Å². The molecule has 0 bridgehead atoms. The van der Waals surface area contributed by atoms with Gasteiger partial charge in [0, 0.05) is 6.20 Å². The Bertz CT molecular complexity index is 535. The summed E-state index contributed by atoms with van der Waals surface area (Å²) >= 11 is 0. The fraction of sp³-hybridized carbons (Fsp3) is 0. The zero-order valence-electron chi connectivity index (χ0n) is 7.99. The van der Waals surface area contributed by atoms with Crippen molar-refractivity contribution in [2.75, 3.05) is 0 Å². The molecule has 1 amide bonds. The largest absolute Gasteiger partial charge is 0.802 e. The van der Waals surface area contributed by atoms with E-state index in [-0.39, 0.29) is 16.2 Å². The minimum Gasteiger partial charge on any atom is -0.802 e. The number of carbonyl (C=O) groups is 1. The van der Waals surface area contributed by atoms with Gasteiger partial charge in [0.15, 0.2) is 11.5 Å². The molecule has 0 aliphatic heterocycles. The Balaban J connectivity index is 2.60. The summed E-state index contributed by atoms with van der Waals surface area (Å²) in [7, 11) is 0. The molecule has 0 saturated carbocycles. The molecule has 0 aliphatic carbocycles. The van der Waals surface area contributed by atoms with E-state index < -0.39 is 17.5 Å². The van der Waals surface area contributed by atoms with E-state index in [0.29, 0.717) is 0 Å². The molecule has 2 heterocycles. The first-order chi connectivity index (χ1) is 7.61. The first kappa shape index (κ1) is 9.97. The smallest absolute Gasteiger partial charge is 0.272 e. The van der Waals surface area contributed by atoms with Crippen LogP contribution in [0.4, 0.5) is 0 Å². The molecule has 16 heavy (non-hydrogen) atoms. The molecule has 0 radical (unpaired) electrons. The highest BCUT2D eigenvalue weighted by atomic mass is 16.5. The summed E-state index contributed by atoms with van der Waals surface area (Å²) in [5.41, 5.74) is 4.73. The molecular weight excluding hydrogens is 212 g/mol. The van der Waals surface area contributed by atoms with Crippen molar-refractivity contribution in [3.05, 3.63) is 35.3 Å². The van der Waals surface area contributed by atoms with Crippen LogP contribution < -0.4 is 5.73 Å². The van der Waals surface area contributed by atoms with Crippen molar-refractivity contribution in [2.45, 2.75) is 0 Å². The van der Waals surface area contributed by atoms with Crippen molar-refractivity contribution in [3.63, 3.8) is 0 Å². The molecule has 2 aromatic rings. The Morgan fingerprint density at radius 2 is 2.25 bits per heavy atom. The molecule has 2 aromatic heterocycles. The van der Waals surface area contributed by atoms with Crippen LogP contribution in [0.25, 0.3) is 11.5 Å². The van der Waals surface area contributed by atoms with Crippen molar-refractivity contribution in [1.29, 1.82) is 0 Å². The van der Waals surface area contributed by atoms with Crippen molar-refractivity contribution < 1.29 is 9.90 Å². The third-order valence-electron chi connectivity index (χ3n) is 1.94. The maximum Gasteiger partial charge on any atom is 0.272 e. The van der Waals surface area contributed by atoms with Crippen molar-refractivity contribution in [3.8, 4) is 17.4 Å². The van der Waals surface area contributed by atoms with Gasteiger partial charge in [-0.25, -0.2) is 4.98 Å². The molecule has 0 fully saturated rings. The highest BCUT2D eigenvalue weighted by molar-refractivity contribution is 5.93. The third kappa shape index (κ3) is 1.44. The highest BCUT2D eigenvalue weighted by Crippen LogP contribution is 2.23. The van der Waals surface area contributed by atoms with E-state index in [1.807, 2.05) is 0 Å². The Morgan fingerprint density at radius 3 is 2.75 bits per heavy atom. The topological polar surface area (TPSA) is 117 Å². The second-order valence-electron chi connectivity index (χ2n) is 2.98. The third-order valence-corrected chi connectivity index (χ3v) is 1.94. The van der Waals surface area contributed by atoms with Crippen LogP contribution in [0.3, 0.4) is 0 Å². The SMILES string of the molecule is NC(=O)c1nc(-c2ccccn2)n([O-])c1O. The Labute approximate surface area is 89.8 Å². The summed E-state index contributed by atoms with van der Waals surface area (Å²) in [5.74, 6) is -1.94. The van der Waals surface area contributed by atoms with E-state index in [2.05, 4.69) is 9.97 Å². The summed E-state index contributed by atoms with van der Waals surface area (Å²) in [6.45, 7) is 0. The first-order valence-electron chi connectivity index (χ1n) is 4.31. The highest BCUT2D eigenvalue weighted by Gasteiger charge is 2.17. The van der Waals surface area contributed by atoms with Gasteiger partial charge in [-0.3, -0.25) is 9.78 Å². The quantitative estimate of drug-likeness (QED) is 0.742. The zero-order valence-corrected chi connectivity index (χ0v) is 7.99. The molecule has 2 rings (SSSR count). The number of hydrogen-bond donors (Lipinski definition) is 2. The van der Waals surface area contributed by atoms with Crippen LogP contribution in [0, 0.1) is 5.21 Å². The Morgan fingerprint density at radius 1 is 1.50 bits per heavy atom. The number of pyridine rings is 1. The predicted octanol–water partition coefficient (Wildman–Crippen LogP) is 0.0955. The predicted molar refractivity (Wildman–Crippen MR) is 54.4 cm³/mol. The summed E-state index contributed by atoms with van der Waals surface area (Å²) in [6.07, 6.45) is 1.46. The second-order valence-corrected chi connectivity index (χ2v) is 2.98. The standard InChI is InChI=1S/C9H7N4O3/c10-7(14)6-9(15)13(16)8(12-6)5-3-1-2-4-11-5/h1-4,15H,(H2,10,14)/q-1. The summed E-state index contributed by atoms with van der Waals surface area (Å²) in [4.78, 5) is 18.4. The fourth-order valence-corrected chi connectivity index (χ4v) is 1.22. The van der Waals surface area contributed by atoms with Gasteiger partial charge in [0.1, 0.15) is 5.69 Å². The van der Waals surface area contributed by atoms with Gasteiger partial charge in [0.25, 0.3) is 5.91 Å². The van der Waals surface area contributed by atoms with Gasteiger partial charge in [-0.05, 0) is 12.1 Å². The minimum atomic E-state index is -0.968. The molecule has 0 spiro atoms. The van der Waals surface area contributed by atoms with Crippen LogP contribution >= 0.6 is 0 Å². The number of nitrogens with zero attached hydrogens (tertiary/aromatic N) is 3. The molecule has 0 unspecified atom stereocenters. The normalized spacial score (nSPS) is 10.2. The lowest BCUT2D eigenvalue weighted by molar-refractivity contribution is 0.0993. The van der Waals surface area contributed by atoms with Gasteiger partial charge in [-0.15, -0.1) is 0 Å². The van der Waals surface area contributed by atoms with E-state index in [9.17, 15) is 15.1 Å². The lowest BCUT2D eigenvalue weighted by Crippen LogP contribution is -2.11. The average molecular weight is 219 g/mol. The first-order valence-corrected chi connectivity index (χ1v) is 4.31. The van der Waals surface area contributed by atoms with Crippen LogP contribution in [0.2, 0.25) is 0 Å². The fourth-order valence-electron chi connectivity index (χ4n) is 1.22. The molecule has 7 heteroatoms. The maximum atomic E-state index is 11.5.